The van der Waals surface area contributed by atoms with Crippen molar-refractivity contribution in [1.29, 1.82) is 0 Å². The standard InChI is InChI=1S/C15H16O4/c1-9-6-12(14(18-3)7-10(9)2)13-5-4-11(19-13)8-15(16)17/h4-7H,8H2,1-3H3,(H,16,17). The summed E-state index contributed by atoms with van der Waals surface area (Å²) in [6.45, 7) is 4.03. The number of ether oxygens (including phenoxy) is 1. The Balaban J connectivity index is 2.43. The second kappa shape index (κ2) is 5.18. The van der Waals surface area contributed by atoms with Crippen LogP contribution in [-0.2, 0) is 11.2 Å². The van der Waals surface area contributed by atoms with E-state index in [1.165, 1.54) is 0 Å². The smallest absolute Gasteiger partial charge is 0.311 e. The minimum absolute atomic E-state index is 0.118. The van der Waals surface area contributed by atoms with Gasteiger partial charge in [-0.05, 0) is 49.2 Å². The Morgan fingerprint density at radius 2 is 1.95 bits per heavy atom. The molecule has 0 aliphatic heterocycles. The average molecular weight is 260 g/mol. The summed E-state index contributed by atoms with van der Waals surface area (Å²) in [5.74, 6) is 0.867. The summed E-state index contributed by atoms with van der Waals surface area (Å²) in [6, 6.07) is 7.38. The normalized spacial score (nSPS) is 10.5. The molecule has 0 saturated carbocycles. The number of methoxy groups -OCH3 is 1. The van der Waals surface area contributed by atoms with Gasteiger partial charge in [0.15, 0.2) is 0 Å². The molecule has 1 aromatic carbocycles. The van der Waals surface area contributed by atoms with Gasteiger partial charge in [0.1, 0.15) is 23.7 Å². The minimum Gasteiger partial charge on any atom is -0.496 e. The van der Waals surface area contributed by atoms with Gasteiger partial charge < -0.3 is 14.3 Å². The van der Waals surface area contributed by atoms with Gasteiger partial charge in [-0.2, -0.15) is 0 Å². The fourth-order valence-corrected chi connectivity index (χ4v) is 1.92. The van der Waals surface area contributed by atoms with Crippen LogP contribution in [0.5, 0.6) is 5.75 Å². The first-order chi connectivity index (χ1) is 9.01. The molecule has 0 radical (unpaired) electrons. The van der Waals surface area contributed by atoms with Crippen LogP contribution >= 0.6 is 0 Å². The number of benzene rings is 1. The van der Waals surface area contributed by atoms with Crippen LogP contribution in [0, 0.1) is 13.8 Å². The van der Waals surface area contributed by atoms with Gasteiger partial charge in [-0.25, -0.2) is 0 Å². The Bertz CT molecular complexity index is 611. The Kier molecular flexibility index (Phi) is 3.60. The van der Waals surface area contributed by atoms with E-state index < -0.39 is 5.97 Å². The first kappa shape index (κ1) is 13.2. The summed E-state index contributed by atoms with van der Waals surface area (Å²) in [7, 11) is 1.61. The van der Waals surface area contributed by atoms with E-state index in [2.05, 4.69) is 0 Å². The zero-order chi connectivity index (χ0) is 14.0. The monoisotopic (exact) mass is 260 g/mol. The number of hydrogen-bond acceptors (Lipinski definition) is 3. The SMILES string of the molecule is COc1cc(C)c(C)cc1-c1ccc(CC(=O)O)o1. The molecule has 1 N–H and O–H groups in total. The van der Waals surface area contributed by atoms with Crippen LogP contribution < -0.4 is 4.74 Å². The number of carboxylic acids is 1. The molecule has 0 atom stereocenters. The molecule has 4 nitrogen and oxygen atoms in total. The second-order valence-corrected chi connectivity index (χ2v) is 4.47. The fourth-order valence-electron chi connectivity index (χ4n) is 1.92. The van der Waals surface area contributed by atoms with E-state index in [0.717, 1.165) is 22.4 Å². The summed E-state index contributed by atoms with van der Waals surface area (Å²) < 4.78 is 10.9. The molecule has 0 spiro atoms. The number of carboxylic acid groups (broad SMARTS) is 1. The first-order valence-electron chi connectivity index (χ1n) is 5.97. The molecular formula is C15H16O4. The van der Waals surface area contributed by atoms with Gasteiger partial charge in [0, 0.05) is 0 Å². The molecule has 0 aliphatic carbocycles. The van der Waals surface area contributed by atoms with Crippen LogP contribution in [0.4, 0.5) is 0 Å². The minimum atomic E-state index is -0.909. The van der Waals surface area contributed by atoms with E-state index >= 15 is 0 Å². The van der Waals surface area contributed by atoms with E-state index in [-0.39, 0.29) is 6.42 Å². The first-order valence-corrected chi connectivity index (χ1v) is 5.97. The maximum absolute atomic E-state index is 10.7. The van der Waals surface area contributed by atoms with E-state index in [1.807, 2.05) is 26.0 Å². The zero-order valence-electron chi connectivity index (χ0n) is 11.2. The van der Waals surface area contributed by atoms with Gasteiger partial charge in [-0.3, -0.25) is 4.79 Å². The summed E-state index contributed by atoms with van der Waals surface area (Å²) >= 11 is 0. The number of hydrogen-bond donors (Lipinski definition) is 1. The van der Waals surface area contributed by atoms with Crippen molar-refractivity contribution in [3.05, 3.63) is 41.2 Å². The molecule has 2 aromatic rings. The lowest BCUT2D eigenvalue weighted by atomic mass is 10.0. The van der Waals surface area contributed by atoms with Crippen molar-refractivity contribution in [2.24, 2.45) is 0 Å². The van der Waals surface area contributed by atoms with E-state index in [9.17, 15) is 4.79 Å². The van der Waals surface area contributed by atoms with Crippen molar-refractivity contribution in [3.8, 4) is 17.1 Å². The zero-order valence-corrected chi connectivity index (χ0v) is 11.2. The van der Waals surface area contributed by atoms with Crippen molar-refractivity contribution >= 4 is 5.97 Å². The molecule has 0 bridgehead atoms. The van der Waals surface area contributed by atoms with Crippen LogP contribution in [-0.4, -0.2) is 18.2 Å². The lowest BCUT2D eigenvalue weighted by molar-refractivity contribution is -0.136. The highest BCUT2D eigenvalue weighted by atomic mass is 16.5. The lowest BCUT2D eigenvalue weighted by Gasteiger charge is -2.09. The molecule has 4 heteroatoms. The number of rotatable bonds is 4. The molecule has 19 heavy (non-hydrogen) atoms. The van der Waals surface area contributed by atoms with Crippen LogP contribution in [0.2, 0.25) is 0 Å². The molecule has 1 heterocycles. The van der Waals surface area contributed by atoms with Crippen LogP contribution in [0.15, 0.2) is 28.7 Å². The molecule has 0 unspecified atom stereocenters. The molecule has 1 aromatic heterocycles. The Morgan fingerprint density at radius 1 is 1.26 bits per heavy atom. The fraction of sp³-hybridized carbons (Fsp3) is 0.267. The Hall–Kier alpha value is -2.23. The molecule has 0 aliphatic rings. The maximum Gasteiger partial charge on any atom is 0.311 e. The topological polar surface area (TPSA) is 59.7 Å². The molecule has 2 rings (SSSR count). The highest BCUT2D eigenvalue weighted by Gasteiger charge is 2.13. The third-order valence-electron chi connectivity index (χ3n) is 3.07. The van der Waals surface area contributed by atoms with Gasteiger partial charge in [-0.1, -0.05) is 0 Å². The summed E-state index contributed by atoms with van der Waals surface area (Å²) in [6.07, 6.45) is -0.118. The molecule has 0 fully saturated rings. The van der Waals surface area contributed by atoms with Crippen LogP contribution in [0.3, 0.4) is 0 Å². The van der Waals surface area contributed by atoms with Gasteiger partial charge in [0.2, 0.25) is 0 Å². The van der Waals surface area contributed by atoms with Crippen LogP contribution in [0.1, 0.15) is 16.9 Å². The summed E-state index contributed by atoms with van der Waals surface area (Å²) in [5.41, 5.74) is 3.10. The predicted molar refractivity (Wildman–Crippen MR) is 71.5 cm³/mol. The molecule has 0 amide bonds. The molecular weight excluding hydrogens is 244 g/mol. The van der Waals surface area contributed by atoms with Crippen molar-refractivity contribution in [1.82, 2.24) is 0 Å². The van der Waals surface area contributed by atoms with Crippen LogP contribution in [0.25, 0.3) is 11.3 Å². The van der Waals surface area contributed by atoms with E-state index in [0.29, 0.717) is 11.5 Å². The van der Waals surface area contributed by atoms with Crippen molar-refractivity contribution in [2.75, 3.05) is 7.11 Å². The molecule has 100 valence electrons. The van der Waals surface area contributed by atoms with Crippen molar-refractivity contribution in [3.63, 3.8) is 0 Å². The molecule has 0 saturated heterocycles. The summed E-state index contributed by atoms with van der Waals surface area (Å²) in [5, 5.41) is 8.74. The van der Waals surface area contributed by atoms with E-state index in [1.54, 1.807) is 19.2 Å². The van der Waals surface area contributed by atoms with E-state index in [4.69, 9.17) is 14.3 Å². The highest BCUT2D eigenvalue weighted by molar-refractivity contribution is 5.71. The van der Waals surface area contributed by atoms with Crippen molar-refractivity contribution < 1.29 is 19.1 Å². The van der Waals surface area contributed by atoms with Gasteiger partial charge in [0.25, 0.3) is 0 Å². The second-order valence-electron chi connectivity index (χ2n) is 4.47. The summed E-state index contributed by atoms with van der Waals surface area (Å²) in [4.78, 5) is 10.7. The Labute approximate surface area is 111 Å². The largest absolute Gasteiger partial charge is 0.496 e. The third kappa shape index (κ3) is 2.78. The number of carbonyl (C=O) groups is 1. The number of furan rings is 1. The predicted octanol–water partition coefficient (Wildman–Crippen LogP) is 3.20. The van der Waals surface area contributed by atoms with Gasteiger partial charge >= 0.3 is 5.97 Å². The van der Waals surface area contributed by atoms with Gasteiger partial charge in [0.05, 0.1) is 12.7 Å². The highest BCUT2D eigenvalue weighted by Crippen LogP contribution is 2.33. The van der Waals surface area contributed by atoms with Crippen molar-refractivity contribution in [2.45, 2.75) is 20.3 Å². The quantitative estimate of drug-likeness (QED) is 0.917. The lowest BCUT2D eigenvalue weighted by Crippen LogP contribution is -1.98. The third-order valence-corrected chi connectivity index (χ3v) is 3.07. The number of aryl methyl sites for hydroxylation is 2. The maximum atomic E-state index is 10.7. The Morgan fingerprint density at radius 3 is 2.58 bits per heavy atom. The number of aliphatic carboxylic acids is 1. The van der Waals surface area contributed by atoms with Gasteiger partial charge in [-0.15, -0.1) is 0 Å². The average Bonchev–Trinajstić information content (AvgIpc) is 2.79.